The highest BCUT2D eigenvalue weighted by atomic mass is 35.5. The second-order valence-electron chi connectivity index (χ2n) is 4.64. The van der Waals surface area contributed by atoms with Crippen molar-refractivity contribution in [3.8, 4) is 0 Å². The van der Waals surface area contributed by atoms with Crippen LogP contribution in [0.15, 0.2) is 41.6 Å². The molecule has 0 atom stereocenters. The predicted molar refractivity (Wildman–Crippen MR) is 91.8 cm³/mol. The maximum atomic E-state index is 12.4. The van der Waals surface area contributed by atoms with Crippen molar-refractivity contribution in [1.82, 2.24) is 9.97 Å². The fourth-order valence-electron chi connectivity index (χ4n) is 1.52. The molecule has 0 aliphatic carbocycles. The minimum absolute atomic E-state index is 0.00889. The van der Waals surface area contributed by atoms with E-state index in [-0.39, 0.29) is 21.0 Å². The number of halogens is 2. The van der Waals surface area contributed by atoms with Gasteiger partial charge < -0.3 is 5.32 Å². The standard InChI is InChI=1S/C14H17Cl2N3O2S/c1-5-6-7-12(22(20,21)9(2)3)10(4)18-13-11(15)8-17-14(16)19-13/h5-9H,1H2,2-4H3,(H,17,18,19)/b7-6-,12-10-. The topological polar surface area (TPSA) is 72.0 Å². The molecule has 0 unspecified atom stereocenters. The van der Waals surface area contributed by atoms with Crippen LogP contribution in [0.4, 0.5) is 5.82 Å². The average molecular weight is 362 g/mol. The van der Waals surface area contributed by atoms with Crippen LogP contribution in [0.2, 0.25) is 10.3 Å². The Hall–Kier alpha value is -1.37. The van der Waals surface area contributed by atoms with Crippen LogP contribution < -0.4 is 5.32 Å². The lowest BCUT2D eigenvalue weighted by Gasteiger charge is -2.14. The number of anilines is 1. The highest BCUT2D eigenvalue weighted by molar-refractivity contribution is 7.96. The molecule has 22 heavy (non-hydrogen) atoms. The third-order valence-electron chi connectivity index (χ3n) is 2.70. The van der Waals surface area contributed by atoms with E-state index in [9.17, 15) is 8.42 Å². The van der Waals surface area contributed by atoms with Crippen LogP contribution in [0.1, 0.15) is 20.8 Å². The van der Waals surface area contributed by atoms with E-state index in [4.69, 9.17) is 23.2 Å². The first-order valence-electron chi connectivity index (χ1n) is 6.39. The van der Waals surface area contributed by atoms with Gasteiger partial charge in [-0.15, -0.1) is 0 Å². The number of nitrogens with one attached hydrogen (secondary N) is 1. The van der Waals surface area contributed by atoms with Crippen molar-refractivity contribution in [1.29, 1.82) is 0 Å². The van der Waals surface area contributed by atoms with Gasteiger partial charge in [0, 0.05) is 5.70 Å². The highest BCUT2D eigenvalue weighted by Crippen LogP contribution is 2.24. The summed E-state index contributed by atoms with van der Waals surface area (Å²) in [6.07, 6.45) is 5.86. The Morgan fingerprint density at radius 1 is 1.41 bits per heavy atom. The van der Waals surface area contributed by atoms with Crippen molar-refractivity contribution < 1.29 is 8.42 Å². The molecule has 0 amide bonds. The molecule has 0 aromatic carbocycles. The zero-order chi connectivity index (χ0) is 16.9. The number of hydrogen-bond donors (Lipinski definition) is 1. The van der Waals surface area contributed by atoms with E-state index in [1.54, 1.807) is 26.8 Å². The summed E-state index contributed by atoms with van der Waals surface area (Å²) in [5.74, 6) is 0.239. The van der Waals surface area contributed by atoms with Gasteiger partial charge in [0.2, 0.25) is 5.28 Å². The van der Waals surface area contributed by atoms with Crippen LogP contribution in [-0.4, -0.2) is 23.6 Å². The Balaban J connectivity index is 3.37. The van der Waals surface area contributed by atoms with Crippen molar-refractivity contribution in [2.45, 2.75) is 26.0 Å². The van der Waals surface area contributed by atoms with Crippen LogP contribution in [0, 0.1) is 0 Å². The van der Waals surface area contributed by atoms with E-state index in [2.05, 4.69) is 21.9 Å². The third kappa shape index (κ3) is 4.56. The minimum Gasteiger partial charge on any atom is -0.341 e. The lowest BCUT2D eigenvalue weighted by atomic mass is 10.3. The SMILES string of the molecule is C=C/C=C\C(=C(/C)Nc1nc(Cl)ncc1Cl)S(=O)(=O)C(C)C. The molecule has 0 radical (unpaired) electrons. The zero-order valence-electron chi connectivity index (χ0n) is 12.5. The molecular formula is C14H17Cl2N3O2S. The predicted octanol–water partition coefficient (Wildman–Crippen LogP) is 3.99. The largest absolute Gasteiger partial charge is 0.341 e. The Labute approximate surface area is 140 Å². The molecule has 0 bridgehead atoms. The van der Waals surface area contributed by atoms with Crippen molar-refractivity contribution in [3.63, 3.8) is 0 Å². The van der Waals surface area contributed by atoms with Crippen molar-refractivity contribution in [2.75, 3.05) is 5.32 Å². The minimum atomic E-state index is -3.49. The van der Waals surface area contributed by atoms with Gasteiger partial charge in [-0.2, -0.15) is 4.98 Å². The number of nitrogens with zero attached hydrogens (tertiary/aromatic N) is 2. The first-order valence-corrected chi connectivity index (χ1v) is 8.69. The van der Waals surface area contributed by atoms with E-state index < -0.39 is 15.1 Å². The summed E-state index contributed by atoms with van der Waals surface area (Å²) in [6.45, 7) is 8.38. The molecular weight excluding hydrogens is 345 g/mol. The van der Waals surface area contributed by atoms with Gasteiger partial charge in [0.05, 0.1) is 16.4 Å². The summed E-state index contributed by atoms with van der Waals surface area (Å²) in [5.41, 5.74) is 0.378. The molecule has 0 saturated heterocycles. The van der Waals surface area contributed by atoms with Gasteiger partial charge in [0.25, 0.3) is 0 Å². The van der Waals surface area contributed by atoms with Gasteiger partial charge in [-0.3, -0.25) is 0 Å². The summed E-state index contributed by atoms with van der Waals surface area (Å²) in [6, 6.07) is 0. The fraction of sp³-hybridized carbons (Fsp3) is 0.286. The first-order chi connectivity index (χ1) is 10.2. The molecule has 0 fully saturated rings. The normalized spacial score (nSPS) is 13.4. The molecule has 1 heterocycles. The monoisotopic (exact) mass is 361 g/mol. The van der Waals surface area contributed by atoms with E-state index in [0.717, 1.165) is 0 Å². The number of sulfone groups is 1. The van der Waals surface area contributed by atoms with Gasteiger partial charge in [-0.05, 0) is 38.4 Å². The molecule has 8 heteroatoms. The Bertz CT molecular complexity index is 726. The second-order valence-corrected chi connectivity index (χ2v) is 7.86. The summed E-state index contributed by atoms with van der Waals surface area (Å²) >= 11 is 11.7. The quantitative estimate of drug-likeness (QED) is 0.612. The van der Waals surface area contributed by atoms with Crippen LogP contribution in [0.5, 0.6) is 0 Å². The summed E-state index contributed by atoms with van der Waals surface area (Å²) in [7, 11) is -3.49. The maximum absolute atomic E-state index is 12.4. The highest BCUT2D eigenvalue weighted by Gasteiger charge is 2.23. The molecule has 1 aromatic heterocycles. The number of rotatable bonds is 6. The smallest absolute Gasteiger partial charge is 0.224 e. The van der Waals surface area contributed by atoms with Gasteiger partial charge in [0.1, 0.15) is 5.02 Å². The Morgan fingerprint density at radius 3 is 2.59 bits per heavy atom. The number of hydrogen-bond acceptors (Lipinski definition) is 5. The lowest BCUT2D eigenvalue weighted by molar-refractivity contribution is 0.594. The van der Waals surface area contributed by atoms with E-state index in [1.807, 2.05) is 0 Å². The first kappa shape index (κ1) is 18.7. The van der Waals surface area contributed by atoms with E-state index in [0.29, 0.717) is 5.70 Å². The summed E-state index contributed by atoms with van der Waals surface area (Å²) < 4.78 is 24.9. The van der Waals surface area contributed by atoms with Crippen LogP contribution in [-0.2, 0) is 9.84 Å². The van der Waals surface area contributed by atoms with E-state index in [1.165, 1.54) is 18.3 Å². The molecule has 1 rings (SSSR count). The van der Waals surface area contributed by atoms with Crippen LogP contribution >= 0.6 is 23.2 Å². The Morgan fingerprint density at radius 2 is 2.05 bits per heavy atom. The summed E-state index contributed by atoms with van der Waals surface area (Å²) in [4.78, 5) is 7.81. The van der Waals surface area contributed by atoms with Gasteiger partial charge >= 0.3 is 0 Å². The van der Waals surface area contributed by atoms with Gasteiger partial charge in [-0.25, -0.2) is 13.4 Å². The fourth-order valence-corrected chi connectivity index (χ4v) is 3.04. The van der Waals surface area contributed by atoms with Crippen LogP contribution in [0.25, 0.3) is 0 Å². The molecule has 5 nitrogen and oxygen atoms in total. The van der Waals surface area contributed by atoms with Crippen molar-refractivity contribution >= 4 is 38.9 Å². The molecule has 0 aliphatic rings. The molecule has 1 N–H and O–H groups in total. The number of aromatic nitrogens is 2. The van der Waals surface area contributed by atoms with Crippen LogP contribution in [0.3, 0.4) is 0 Å². The third-order valence-corrected chi connectivity index (χ3v) is 5.46. The molecule has 0 spiro atoms. The average Bonchev–Trinajstić information content (AvgIpc) is 2.43. The molecule has 120 valence electrons. The van der Waals surface area contributed by atoms with E-state index >= 15 is 0 Å². The molecule has 0 saturated carbocycles. The summed E-state index contributed by atoms with van der Waals surface area (Å²) in [5, 5.41) is 2.54. The molecule has 1 aromatic rings. The number of allylic oxidation sites excluding steroid dienone is 4. The zero-order valence-corrected chi connectivity index (χ0v) is 14.8. The second kappa shape index (κ2) is 7.76. The molecule has 0 aliphatic heterocycles. The Kier molecular flexibility index (Phi) is 6.59. The van der Waals surface area contributed by atoms with Gasteiger partial charge in [-0.1, -0.05) is 30.3 Å². The van der Waals surface area contributed by atoms with Gasteiger partial charge in [0.15, 0.2) is 15.7 Å². The maximum Gasteiger partial charge on any atom is 0.224 e. The van der Waals surface area contributed by atoms with Crippen molar-refractivity contribution in [2.24, 2.45) is 0 Å². The lowest BCUT2D eigenvalue weighted by Crippen LogP contribution is -2.18. The van der Waals surface area contributed by atoms with Crippen molar-refractivity contribution in [3.05, 3.63) is 51.9 Å².